The molecule has 2 aliphatic heterocycles. The van der Waals surface area contributed by atoms with Crippen molar-refractivity contribution in [3.8, 4) is 0 Å². The molecule has 2 N–H and O–H groups in total. The highest BCUT2D eigenvalue weighted by Gasteiger charge is 2.40. The Hall–Kier alpha value is -7.64. The van der Waals surface area contributed by atoms with Gasteiger partial charge >= 0.3 is 18.0 Å². The fourth-order valence-corrected chi connectivity index (χ4v) is 14.7. The average Bonchev–Trinajstić information content (AvgIpc) is 0.757. The number of rotatable bonds is 19. The smallest absolute Gasteiger partial charge is 0.410 e. The van der Waals surface area contributed by atoms with Crippen LogP contribution in [0.25, 0.3) is 0 Å². The molecule has 0 spiro atoms. The lowest BCUT2D eigenvalue weighted by Crippen LogP contribution is -2.45. The van der Waals surface area contributed by atoms with Crippen LogP contribution in [-0.4, -0.2) is 99.8 Å². The fraction of sp³-hybridized carbons (Fsp3) is 0.274. The molecule has 23 heteroatoms. The molecule has 8 aromatic carbocycles. The van der Waals surface area contributed by atoms with Gasteiger partial charge in [0.1, 0.15) is 30.9 Å². The first-order valence-electron chi connectivity index (χ1n) is 30.3. The molecular weight excluding hydrogens is 1360 g/mol. The number of benzene rings is 8. The van der Waals surface area contributed by atoms with Gasteiger partial charge in [-0.1, -0.05) is 199 Å². The van der Waals surface area contributed by atoms with Gasteiger partial charge in [-0.3, -0.25) is 14.5 Å². The zero-order valence-corrected chi connectivity index (χ0v) is 58.6. The highest BCUT2D eigenvalue weighted by molar-refractivity contribution is 7.91. The minimum atomic E-state index is -3.50. The molecule has 96 heavy (non-hydrogen) atoms. The normalized spacial score (nSPS) is 13.8. The first-order chi connectivity index (χ1) is 45.1. The average molecular weight is 1440 g/mol. The summed E-state index contributed by atoms with van der Waals surface area (Å²) >= 11 is 27.1. The van der Waals surface area contributed by atoms with Gasteiger partial charge in [-0.15, -0.1) is 9.24 Å². The molecule has 10 rings (SSSR count). The summed E-state index contributed by atoms with van der Waals surface area (Å²) in [6.07, 6.45) is 2.59. The molecule has 0 aliphatic carbocycles. The summed E-state index contributed by atoms with van der Waals surface area (Å²) in [7, 11) is -3.94. The topological polar surface area (TPSA) is 212 Å². The van der Waals surface area contributed by atoms with Crippen LogP contribution in [0.4, 0.5) is 4.79 Å². The molecular formula is C73H75Cl4N4O12PS2. The van der Waals surface area contributed by atoms with Gasteiger partial charge in [0.25, 0.3) is 11.8 Å². The first-order valence-corrected chi connectivity index (χ1v) is 36.2. The van der Waals surface area contributed by atoms with Crippen LogP contribution in [0.5, 0.6) is 0 Å². The van der Waals surface area contributed by atoms with Crippen molar-refractivity contribution in [3.63, 3.8) is 0 Å². The molecule has 0 saturated carbocycles. The molecule has 0 aromatic heterocycles. The summed E-state index contributed by atoms with van der Waals surface area (Å²) in [5, 5.41) is 5.53. The molecule has 0 fully saturated rings. The van der Waals surface area contributed by atoms with Crippen LogP contribution in [0.2, 0.25) is 20.1 Å². The number of amides is 3. The minimum Gasteiger partial charge on any atom is -0.459 e. The van der Waals surface area contributed by atoms with Crippen molar-refractivity contribution in [2.45, 2.75) is 113 Å². The van der Waals surface area contributed by atoms with Crippen molar-refractivity contribution in [3.05, 3.63) is 269 Å². The van der Waals surface area contributed by atoms with Gasteiger partial charge in [0.05, 0.1) is 46.3 Å². The number of halogens is 4. The summed E-state index contributed by atoms with van der Waals surface area (Å²) in [6, 6.07) is 52.2. The van der Waals surface area contributed by atoms with Gasteiger partial charge < -0.3 is 29.7 Å². The Morgan fingerprint density at radius 1 is 0.521 bits per heavy atom. The van der Waals surface area contributed by atoms with E-state index in [1.165, 1.54) is 24.3 Å². The van der Waals surface area contributed by atoms with Gasteiger partial charge in [-0.2, -0.15) is 0 Å². The van der Waals surface area contributed by atoms with E-state index < -0.39 is 72.5 Å². The van der Waals surface area contributed by atoms with Crippen LogP contribution in [0.3, 0.4) is 0 Å². The predicted molar refractivity (Wildman–Crippen MR) is 379 cm³/mol. The number of hydrogen-bond donors (Lipinski definition) is 2. The van der Waals surface area contributed by atoms with Crippen molar-refractivity contribution in [2.75, 3.05) is 25.6 Å². The third-order valence-electron chi connectivity index (χ3n) is 16.0. The third kappa shape index (κ3) is 18.7. The first kappa shape index (κ1) is 74.2. The van der Waals surface area contributed by atoms with E-state index in [1.807, 2.05) is 84.9 Å². The summed E-state index contributed by atoms with van der Waals surface area (Å²) in [5.41, 5.74) is 7.28. The monoisotopic (exact) mass is 1430 g/mol. The fourth-order valence-electron chi connectivity index (χ4n) is 11.2. The van der Waals surface area contributed by atoms with E-state index in [0.717, 1.165) is 45.9 Å². The molecule has 0 saturated heterocycles. The largest absolute Gasteiger partial charge is 0.459 e. The Kier molecular flexibility index (Phi) is 24.8. The lowest BCUT2D eigenvalue weighted by atomic mass is 9.90. The van der Waals surface area contributed by atoms with Crippen LogP contribution in [0.1, 0.15) is 105 Å². The zero-order chi connectivity index (χ0) is 68.4. The summed E-state index contributed by atoms with van der Waals surface area (Å²) in [4.78, 5) is 71.1. The second-order valence-electron chi connectivity index (χ2n) is 24.2. The number of hydrogen-bond acceptors (Lipinski definition) is 13. The van der Waals surface area contributed by atoms with Crippen molar-refractivity contribution in [1.29, 1.82) is 0 Å². The molecule has 3 atom stereocenters. The molecule has 2 heterocycles. The van der Waals surface area contributed by atoms with Crippen LogP contribution >= 0.6 is 55.6 Å². The second-order valence-corrected chi connectivity index (χ2v) is 30.6. The van der Waals surface area contributed by atoms with E-state index in [9.17, 15) is 40.8 Å². The lowest BCUT2D eigenvalue weighted by molar-refractivity contribution is -0.148. The Bertz CT molecular complexity index is 4340. The highest BCUT2D eigenvalue weighted by Crippen LogP contribution is 2.46. The lowest BCUT2D eigenvalue weighted by Gasteiger charge is -2.45. The van der Waals surface area contributed by atoms with E-state index in [-0.39, 0.29) is 81.0 Å². The van der Waals surface area contributed by atoms with Gasteiger partial charge in [-0.25, -0.2) is 31.2 Å². The number of carbonyl (C=O) groups excluding carboxylic acids is 5. The highest BCUT2D eigenvalue weighted by atomic mass is 35.5. The molecule has 2 aliphatic rings. The summed E-state index contributed by atoms with van der Waals surface area (Å²) < 4.78 is 65.4. The predicted octanol–water partition coefficient (Wildman–Crippen LogP) is 14.0. The number of nitrogens with zero attached hydrogens (tertiary/aromatic N) is 2. The molecule has 504 valence electrons. The number of fused-ring (bicyclic) bond motifs is 2. The number of carbonyl (C=O) groups is 5. The molecule has 1 unspecified atom stereocenters. The van der Waals surface area contributed by atoms with Crippen LogP contribution in [-0.2, 0) is 101 Å². The van der Waals surface area contributed by atoms with E-state index >= 15 is 0 Å². The number of ether oxygens (including phenoxy) is 3. The summed E-state index contributed by atoms with van der Waals surface area (Å²) in [5.74, 6) is -2.73. The van der Waals surface area contributed by atoms with Gasteiger partial charge in [-0.05, 0) is 126 Å². The number of nitrogens with one attached hydrogen (secondary N) is 2. The summed E-state index contributed by atoms with van der Waals surface area (Å²) in [6.45, 7) is 7.03. The maximum Gasteiger partial charge on any atom is 0.410 e. The number of esters is 2. The number of sulfone groups is 2. The van der Waals surface area contributed by atoms with Gasteiger partial charge in [0.15, 0.2) is 19.7 Å². The van der Waals surface area contributed by atoms with E-state index in [0.29, 0.717) is 54.7 Å². The zero-order valence-electron chi connectivity index (χ0n) is 52.7. The Labute approximate surface area is 584 Å². The van der Waals surface area contributed by atoms with E-state index in [4.69, 9.17) is 60.6 Å². The van der Waals surface area contributed by atoms with Crippen LogP contribution in [0.15, 0.2) is 192 Å². The van der Waals surface area contributed by atoms with Crippen molar-refractivity contribution >= 4 is 105 Å². The molecule has 3 amide bonds. The maximum absolute atomic E-state index is 14.0. The van der Waals surface area contributed by atoms with Gasteiger partial charge in [0.2, 0.25) is 0 Å². The van der Waals surface area contributed by atoms with Crippen molar-refractivity contribution in [2.24, 2.45) is 0 Å². The van der Waals surface area contributed by atoms with Crippen LogP contribution < -0.4 is 10.6 Å². The molecule has 0 bridgehead atoms. The quantitative estimate of drug-likeness (QED) is 0.0439. The minimum absolute atomic E-state index is 0. The Morgan fingerprint density at radius 2 is 0.896 bits per heavy atom. The maximum atomic E-state index is 14.0. The molecule has 8 aromatic rings. The molecule has 0 radical (unpaired) electrons. The van der Waals surface area contributed by atoms with E-state index in [2.05, 4.69) is 49.0 Å². The third-order valence-corrected chi connectivity index (χ3v) is 20.7. The van der Waals surface area contributed by atoms with Crippen molar-refractivity contribution in [1.82, 2.24) is 20.4 Å². The van der Waals surface area contributed by atoms with Gasteiger partial charge in [0, 0.05) is 51.5 Å². The second kappa shape index (κ2) is 32.1. The van der Waals surface area contributed by atoms with Crippen molar-refractivity contribution < 1.29 is 55.0 Å². The Morgan fingerprint density at radius 3 is 1.29 bits per heavy atom. The van der Waals surface area contributed by atoms with Crippen LogP contribution in [0, 0.1) is 0 Å². The standard InChI is InChI=1S/C40H37Cl2N2O5PS.C32H34Cl2N2O7S.CH4/c1-51(47,48)32-19-11-14-28(22-32)23-35(39(46)49-26-27-12-5-2-6-13-27)43-38(45)36-34(41)24-29-25-44(21-20-33(29)37(36)42)40(50,30-15-7-3-8-16-30)31-17-9-4-10-18-31;1-32(2,3)43-31(39)36-14-13-24-22(18-36)17-25(33)27(28(24)34)29(37)35-26(30(38)42-19-20-9-6-5-7-10-20)16-21-11-8-12-23(15-21)44(4,40)41;/h2-19,22,24,35H,20-21,23,25-26,50H2,1H3,(H,43,45);5-12,15,17,26H,13-14,16,18-19H2,1-4H3,(H,35,37);1H4/t35-;26-;/m00./s1. The molecule has 16 nitrogen and oxygen atoms in total. The Balaban J connectivity index is 0.000000246. The van der Waals surface area contributed by atoms with E-state index in [1.54, 1.807) is 74.2 Å². The SMILES string of the molecule is C.CC(C)(C)OC(=O)N1CCc2c(cc(Cl)c(C(=O)N[C@@H](Cc3cccc(S(C)(=O)=O)c3)C(=O)OCc3ccccc3)c2Cl)C1.CS(=O)(=O)c1cccc(C[C@H](NC(=O)c2c(Cl)cc3c(c2Cl)CCN(C(P)(c2ccccc2)c2ccccc2)C3)C(=O)OCc2ccccc2)c1.